The van der Waals surface area contributed by atoms with Crippen molar-refractivity contribution in [3.05, 3.63) is 27.9 Å². The third-order valence-electron chi connectivity index (χ3n) is 3.13. The fourth-order valence-electron chi connectivity index (χ4n) is 1.32. The summed E-state index contributed by atoms with van der Waals surface area (Å²) in [5.41, 5.74) is -0.470. The molecule has 0 bridgehead atoms. The van der Waals surface area contributed by atoms with Gasteiger partial charge in [0.2, 0.25) is 5.82 Å². The van der Waals surface area contributed by atoms with Crippen LogP contribution in [0.25, 0.3) is 0 Å². The van der Waals surface area contributed by atoms with Crippen LogP contribution >= 0.6 is 0 Å². The predicted octanol–water partition coefficient (Wildman–Crippen LogP) is 1.61. The van der Waals surface area contributed by atoms with Gasteiger partial charge >= 0.3 is 5.69 Å². The molecule has 0 fully saturated rings. The van der Waals surface area contributed by atoms with Gasteiger partial charge in [-0.3, -0.25) is 10.1 Å². The summed E-state index contributed by atoms with van der Waals surface area (Å²) in [6.07, 6.45) is 1.39. The Morgan fingerprint density at radius 2 is 2.21 bits per heavy atom. The summed E-state index contributed by atoms with van der Waals surface area (Å²) in [6.45, 7) is 4.47. The highest BCUT2D eigenvalue weighted by Crippen LogP contribution is 2.26. The lowest BCUT2D eigenvalue weighted by atomic mass is 10.0. The van der Waals surface area contributed by atoms with Gasteiger partial charge in [-0.1, -0.05) is 0 Å². The molecule has 7 heteroatoms. The van der Waals surface area contributed by atoms with Crippen molar-refractivity contribution >= 4 is 11.5 Å². The minimum absolute atomic E-state index is 0.00478. The Hall–Kier alpha value is -2.20. The largest absolute Gasteiger partial charge is 0.362 e. The average Bonchev–Trinajstić information content (AvgIpc) is 2.35. The molecule has 1 aromatic heterocycles. The molecule has 0 spiro atoms. The molecular weight excluding hydrogens is 246 g/mol. The van der Waals surface area contributed by atoms with E-state index in [1.807, 2.05) is 32.8 Å². The third-order valence-corrected chi connectivity index (χ3v) is 3.13. The number of nitro groups is 1. The average molecular weight is 263 g/mol. The molecule has 0 saturated heterocycles. The minimum atomic E-state index is -0.587. The van der Waals surface area contributed by atoms with Crippen molar-refractivity contribution in [3.8, 4) is 6.07 Å². The molecule has 0 aliphatic carbocycles. The molecule has 102 valence electrons. The minimum Gasteiger partial charge on any atom is -0.362 e. The zero-order valence-electron chi connectivity index (χ0n) is 11.5. The van der Waals surface area contributed by atoms with E-state index in [4.69, 9.17) is 5.26 Å². The maximum atomic E-state index is 11.0. The molecule has 0 radical (unpaired) electrons. The van der Waals surface area contributed by atoms with E-state index in [-0.39, 0.29) is 22.6 Å². The number of nitrogens with zero attached hydrogens (tertiary/aromatic N) is 4. The summed E-state index contributed by atoms with van der Waals surface area (Å²) in [5.74, 6) is 0.124. The maximum Gasteiger partial charge on any atom is 0.328 e. The number of rotatable bonds is 5. The molecule has 0 aliphatic heterocycles. The van der Waals surface area contributed by atoms with Gasteiger partial charge in [-0.25, -0.2) is 4.98 Å². The normalized spacial score (nSPS) is 11.2. The lowest BCUT2D eigenvalue weighted by molar-refractivity contribution is -0.384. The van der Waals surface area contributed by atoms with Crippen molar-refractivity contribution in [1.82, 2.24) is 9.88 Å². The quantitative estimate of drug-likeness (QED) is 0.640. The zero-order chi connectivity index (χ0) is 14.6. The monoisotopic (exact) mass is 263 g/mol. The highest BCUT2D eigenvalue weighted by atomic mass is 16.6. The number of pyridine rings is 1. The fourth-order valence-corrected chi connectivity index (χ4v) is 1.32. The van der Waals surface area contributed by atoms with Crippen LogP contribution in [0.5, 0.6) is 0 Å². The predicted molar refractivity (Wildman–Crippen MR) is 71.9 cm³/mol. The molecule has 1 aromatic rings. The molecule has 0 saturated carbocycles. The molecular formula is C12H17N5O2. The number of anilines is 1. The van der Waals surface area contributed by atoms with Crippen molar-refractivity contribution in [2.24, 2.45) is 0 Å². The summed E-state index contributed by atoms with van der Waals surface area (Å²) >= 11 is 0. The zero-order valence-corrected chi connectivity index (χ0v) is 11.5. The van der Waals surface area contributed by atoms with Crippen LogP contribution in [0.2, 0.25) is 0 Å². The van der Waals surface area contributed by atoms with Crippen molar-refractivity contribution in [2.75, 3.05) is 26.0 Å². The molecule has 0 atom stereocenters. The van der Waals surface area contributed by atoms with Crippen molar-refractivity contribution in [3.63, 3.8) is 0 Å². The lowest BCUT2D eigenvalue weighted by Gasteiger charge is -2.32. The van der Waals surface area contributed by atoms with Crippen molar-refractivity contribution < 1.29 is 4.92 Å². The first-order chi connectivity index (χ1) is 8.79. The molecule has 1 heterocycles. The van der Waals surface area contributed by atoms with Gasteiger partial charge in [0.25, 0.3) is 0 Å². The first-order valence-electron chi connectivity index (χ1n) is 5.74. The summed E-state index contributed by atoms with van der Waals surface area (Å²) in [5, 5.41) is 22.9. The molecule has 0 amide bonds. The van der Waals surface area contributed by atoms with Crippen LogP contribution in [0.1, 0.15) is 19.4 Å². The van der Waals surface area contributed by atoms with Gasteiger partial charge in [0.1, 0.15) is 11.6 Å². The Bertz CT molecular complexity index is 519. The van der Waals surface area contributed by atoms with Gasteiger partial charge in [0.15, 0.2) is 0 Å². The Labute approximate surface area is 112 Å². The molecule has 19 heavy (non-hydrogen) atoms. The number of nitriles is 1. The van der Waals surface area contributed by atoms with E-state index in [1.165, 1.54) is 12.3 Å². The van der Waals surface area contributed by atoms with Gasteiger partial charge in [-0.05, 0) is 34.0 Å². The molecule has 0 aromatic carbocycles. The number of hydrogen-bond acceptors (Lipinski definition) is 6. The van der Waals surface area contributed by atoms with Crippen molar-refractivity contribution in [2.45, 2.75) is 19.4 Å². The molecule has 0 aliphatic rings. The second kappa shape index (κ2) is 5.63. The van der Waals surface area contributed by atoms with E-state index in [0.29, 0.717) is 6.54 Å². The highest BCUT2D eigenvalue weighted by molar-refractivity contribution is 5.64. The number of nitrogens with one attached hydrogen (secondary N) is 1. The van der Waals surface area contributed by atoms with Crippen LogP contribution in [0.15, 0.2) is 12.3 Å². The van der Waals surface area contributed by atoms with E-state index < -0.39 is 4.92 Å². The Kier molecular flexibility index (Phi) is 4.40. The van der Waals surface area contributed by atoms with E-state index in [9.17, 15) is 10.1 Å². The number of likely N-dealkylation sites (N-methyl/N-ethyl adjacent to an activating group) is 1. The van der Waals surface area contributed by atoms with Crippen molar-refractivity contribution in [1.29, 1.82) is 5.26 Å². The lowest BCUT2D eigenvalue weighted by Crippen LogP contribution is -2.44. The smallest absolute Gasteiger partial charge is 0.328 e. The summed E-state index contributed by atoms with van der Waals surface area (Å²) in [6, 6.07) is 3.14. The first kappa shape index (κ1) is 14.9. The van der Waals surface area contributed by atoms with Gasteiger partial charge < -0.3 is 10.2 Å². The van der Waals surface area contributed by atoms with Gasteiger partial charge in [0.05, 0.1) is 4.92 Å². The van der Waals surface area contributed by atoms with E-state index in [2.05, 4.69) is 10.3 Å². The Balaban J connectivity index is 3.03. The first-order valence-corrected chi connectivity index (χ1v) is 5.74. The van der Waals surface area contributed by atoms with Crippen LogP contribution in [0.4, 0.5) is 11.5 Å². The summed E-state index contributed by atoms with van der Waals surface area (Å²) in [4.78, 5) is 16.4. The fraction of sp³-hybridized carbons (Fsp3) is 0.500. The summed E-state index contributed by atoms with van der Waals surface area (Å²) in [7, 11) is 3.85. The Morgan fingerprint density at radius 3 is 2.68 bits per heavy atom. The van der Waals surface area contributed by atoms with Crippen LogP contribution < -0.4 is 5.32 Å². The van der Waals surface area contributed by atoms with Gasteiger partial charge in [-0.2, -0.15) is 5.26 Å². The van der Waals surface area contributed by atoms with Gasteiger partial charge in [-0.15, -0.1) is 0 Å². The highest BCUT2D eigenvalue weighted by Gasteiger charge is 2.25. The van der Waals surface area contributed by atoms with Crippen LogP contribution in [0, 0.1) is 21.4 Å². The topological polar surface area (TPSA) is 95.1 Å². The number of hydrogen-bond donors (Lipinski definition) is 1. The standard InChI is InChI=1S/C12H17N5O2/c1-12(2,16(3)4)8-15-11-10(17(18)19)9(7-13)5-6-14-11/h5-6H,8H2,1-4H3,(H,14,15). The van der Waals surface area contributed by atoms with E-state index in [0.717, 1.165) is 0 Å². The van der Waals surface area contributed by atoms with E-state index >= 15 is 0 Å². The second-order valence-corrected chi connectivity index (χ2v) is 4.99. The van der Waals surface area contributed by atoms with Crippen LogP contribution in [0.3, 0.4) is 0 Å². The summed E-state index contributed by atoms with van der Waals surface area (Å²) < 4.78 is 0. The second-order valence-electron chi connectivity index (χ2n) is 4.99. The maximum absolute atomic E-state index is 11.0. The molecule has 0 unspecified atom stereocenters. The molecule has 7 nitrogen and oxygen atoms in total. The van der Waals surface area contributed by atoms with Crippen LogP contribution in [-0.4, -0.2) is 41.0 Å². The molecule has 1 rings (SSSR count). The van der Waals surface area contributed by atoms with E-state index in [1.54, 1.807) is 6.07 Å². The van der Waals surface area contributed by atoms with Gasteiger partial charge in [0, 0.05) is 18.3 Å². The SMILES string of the molecule is CN(C)C(C)(C)CNc1nccc(C#N)c1[N+](=O)[O-]. The number of aromatic nitrogens is 1. The van der Waals surface area contributed by atoms with Crippen LogP contribution in [-0.2, 0) is 0 Å². The third kappa shape index (κ3) is 3.39. The Morgan fingerprint density at radius 1 is 1.58 bits per heavy atom. The molecule has 1 N–H and O–H groups in total.